The van der Waals surface area contributed by atoms with Gasteiger partial charge < -0.3 is 10.3 Å². The molecule has 96 valence electrons. The van der Waals surface area contributed by atoms with Gasteiger partial charge in [0.1, 0.15) is 0 Å². The Morgan fingerprint density at radius 1 is 1.28 bits per heavy atom. The molecule has 0 spiro atoms. The predicted molar refractivity (Wildman–Crippen MR) is 75.4 cm³/mol. The van der Waals surface area contributed by atoms with Gasteiger partial charge in [-0.15, -0.1) is 0 Å². The van der Waals surface area contributed by atoms with Crippen LogP contribution in [0.2, 0.25) is 0 Å². The summed E-state index contributed by atoms with van der Waals surface area (Å²) in [7, 11) is 0. The maximum Gasteiger partial charge on any atom is 0.0995 e. The fourth-order valence-electron chi connectivity index (χ4n) is 1.96. The zero-order valence-corrected chi connectivity index (χ0v) is 12.1. The Bertz CT molecular complexity index is 521. The highest BCUT2D eigenvalue weighted by atomic mass is 79.9. The summed E-state index contributed by atoms with van der Waals surface area (Å²) >= 11 is 3.42. The van der Waals surface area contributed by atoms with Gasteiger partial charge in [-0.2, -0.15) is 0 Å². The van der Waals surface area contributed by atoms with Gasteiger partial charge in [0.15, 0.2) is 0 Å². The number of rotatable bonds is 4. The van der Waals surface area contributed by atoms with Gasteiger partial charge in [0.05, 0.1) is 30.1 Å². The average Bonchev–Trinajstić information content (AvgIpc) is 2.76. The molecule has 0 aromatic carbocycles. The number of pyridine rings is 1. The highest BCUT2D eigenvalue weighted by Crippen LogP contribution is 2.22. The third kappa shape index (κ3) is 2.97. The monoisotopic (exact) mass is 308 g/mol. The van der Waals surface area contributed by atoms with Crippen molar-refractivity contribution in [3.63, 3.8) is 0 Å². The quantitative estimate of drug-likeness (QED) is 0.944. The SMILES string of the molecule is CC(C)CC(N)c1cncn1-c1cncc(Br)c1. The molecule has 1 atom stereocenters. The van der Waals surface area contributed by atoms with Crippen molar-refractivity contribution in [1.82, 2.24) is 14.5 Å². The van der Waals surface area contributed by atoms with Gasteiger partial charge in [0, 0.05) is 16.7 Å². The first-order chi connectivity index (χ1) is 8.58. The number of nitrogens with two attached hydrogens (primary N) is 1. The van der Waals surface area contributed by atoms with Gasteiger partial charge in [-0.1, -0.05) is 13.8 Å². The third-order valence-electron chi connectivity index (χ3n) is 2.74. The van der Waals surface area contributed by atoms with Gasteiger partial charge in [0.2, 0.25) is 0 Å². The van der Waals surface area contributed by atoms with Crippen molar-refractivity contribution >= 4 is 15.9 Å². The van der Waals surface area contributed by atoms with Crippen molar-refractivity contribution in [3.05, 3.63) is 41.2 Å². The molecule has 4 nitrogen and oxygen atoms in total. The minimum absolute atomic E-state index is 0.00789. The van der Waals surface area contributed by atoms with Crippen LogP contribution in [0.3, 0.4) is 0 Å². The number of halogens is 1. The molecule has 2 heterocycles. The molecule has 0 fully saturated rings. The molecular weight excluding hydrogens is 292 g/mol. The second-order valence-corrected chi connectivity index (χ2v) is 5.70. The summed E-state index contributed by atoms with van der Waals surface area (Å²) in [5.41, 5.74) is 8.21. The van der Waals surface area contributed by atoms with E-state index in [1.54, 1.807) is 18.7 Å². The summed E-state index contributed by atoms with van der Waals surface area (Å²) in [5.74, 6) is 0.559. The van der Waals surface area contributed by atoms with E-state index in [0.717, 1.165) is 22.3 Å². The maximum atomic E-state index is 6.22. The largest absolute Gasteiger partial charge is 0.323 e. The molecule has 2 aromatic rings. The van der Waals surface area contributed by atoms with Crippen LogP contribution >= 0.6 is 15.9 Å². The van der Waals surface area contributed by atoms with Gasteiger partial charge in [-0.05, 0) is 34.3 Å². The fourth-order valence-corrected chi connectivity index (χ4v) is 2.31. The van der Waals surface area contributed by atoms with Crippen molar-refractivity contribution in [2.45, 2.75) is 26.3 Å². The molecule has 5 heteroatoms. The first-order valence-electron chi connectivity index (χ1n) is 5.96. The van der Waals surface area contributed by atoms with Crippen LogP contribution in [0.25, 0.3) is 5.69 Å². The molecule has 0 radical (unpaired) electrons. The predicted octanol–water partition coefficient (Wildman–Crippen LogP) is 3.08. The lowest BCUT2D eigenvalue weighted by molar-refractivity contribution is 0.498. The second-order valence-electron chi connectivity index (χ2n) is 4.79. The lowest BCUT2D eigenvalue weighted by Gasteiger charge is -2.16. The number of hydrogen-bond acceptors (Lipinski definition) is 3. The molecule has 2 rings (SSSR count). The molecule has 0 aliphatic heterocycles. The van der Waals surface area contributed by atoms with Crippen molar-refractivity contribution < 1.29 is 0 Å². The maximum absolute atomic E-state index is 6.22. The summed E-state index contributed by atoms with van der Waals surface area (Å²) in [6.07, 6.45) is 8.10. The van der Waals surface area contributed by atoms with E-state index >= 15 is 0 Å². The van der Waals surface area contributed by atoms with Crippen LogP contribution in [0, 0.1) is 5.92 Å². The van der Waals surface area contributed by atoms with E-state index in [9.17, 15) is 0 Å². The Kier molecular flexibility index (Phi) is 4.14. The molecule has 1 unspecified atom stereocenters. The number of hydrogen-bond donors (Lipinski definition) is 1. The lowest BCUT2D eigenvalue weighted by Crippen LogP contribution is -2.16. The Morgan fingerprint density at radius 2 is 2.06 bits per heavy atom. The Labute approximate surface area is 115 Å². The first kappa shape index (κ1) is 13.2. The highest BCUT2D eigenvalue weighted by molar-refractivity contribution is 9.10. The molecule has 0 saturated carbocycles. The van der Waals surface area contributed by atoms with Crippen LogP contribution in [0.15, 0.2) is 35.5 Å². The van der Waals surface area contributed by atoms with E-state index < -0.39 is 0 Å². The molecule has 0 aliphatic carbocycles. The lowest BCUT2D eigenvalue weighted by atomic mass is 10.0. The van der Waals surface area contributed by atoms with Crippen LogP contribution < -0.4 is 5.73 Å². The molecule has 0 saturated heterocycles. The van der Waals surface area contributed by atoms with E-state index in [1.165, 1.54) is 0 Å². The second kappa shape index (κ2) is 5.63. The van der Waals surface area contributed by atoms with E-state index in [2.05, 4.69) is 39.7 Å². The van der Waals surface area contributed by atoms with E-state index in [0.29, 0.717) is 5.92 Å². The van der Waals surface area contributed by atoms with Gasteiger partial charge in [-0.25, -0.2) is 4.98 Å². The average molecular weight is 309 g/mol. The van der Waals surface area contributed by atoms with Gasteiger partial charge >= 0.3 is 0 Å². The molecule has 2 N–H and O–H groups in total. The van der Waals surface area contributed by atoms with Crippen LogP contribution in [0.1, 0.15) is 32.0 Å². The smallest absolute Gasteiger partial charge is 0.0995 e. The molecule has 0 aliphatic rings. The summed E-state index contributed by atoms with van der Waals surface area (Å²) in [6, 6.07) is 1.99. The van der Waals surface area contributed by atoms with E-state index in [-0.39, 0.29) is 6.04 Å². The first-order valence-corrected chi connectivity index (χ1v) is 6.76. The third-order valence-corrected chi connectivity index (χ3v) is 3.17. The number of nitrogens with zero attached hydrogens (tertiary/aromatic N) is 3. The molecule has 18 heavy (non-hydrogen) atoms. The van der Waals surface area contributed by atoms with Crippen molar-refractivity contribution in [2.24, 2.45) is 11.7 Å². The molecule has 2 aromatic heterocycles. The van der Waals surface area contributed by atoms with E-state index in [4.69, 9.17) is 5.73 Å². The van der Waals surface area contributed by atoms with E-state index in [1.807, 2.05) is 16.8 Å². The van der Waals surface area contributed by atoms with Crippen LogP contribution in [-0.4, -0.2) is 14.5 Å². The normalized spacial score (nSPS) is 12.9. The molecular formula is C13H17BrN4. The van der Waals surface area contributed by atoms with Crippen molar-refractivity contribution in [2.75, 3.05) is 0 Å². The van der Waals surface area contributed by atoms with Gasteiger partial charge in [0.25, 0.3) is 0 Å². The van der Waals surface area contributed by atoms with Gasteiger partial charge in [-0.3, -0.25) is 4.98 Å². The van der Waals surface area contributed by atoms with Crippen molar-refractivity contribution in [3.8, 4) is 5.69 Å². The zero-order chi connectivity index (χ0) is 13.1. The minimum atomic E-state index is -0.00789. The Morgan fingerprint density at radius 3 is 2.72 bits per heavy atom. The standard InChI is InChI=1S/C13H17BrN4/c1-9(2)3-12(15)13-7-17-8-18(13)11-4-10(14)5-16-6-11/h4-9,12H,3,15H2,1-2H3. The fraction of sp³-hybridized carbons (Fsp3) is 0.385. The van der Waals surface area contributed by atoms with Crippen LogP contribution in [0.5, 0.6) is 0 Å². The molecule has 0 bridgehead atoms. The molecule has 0 amide bonds. The zero-order valence-electron chi connectivity index (χ0n) is 10.5. The van der Waals surface area contributed by atoms with Crippen LogP contribution in [-0.2, 0) is 0 Å². The summed E-state index contributed by atoms with van der Waals surface area (Å²) in [5, 5.41) is 0. The van der Waals surface area contributed by atoms with Crippen LogP contribution in [0.4, 0.5) is 0 Å². The minimum Gasteiger partial charge on any atom is -0.323 e. The summed E-state index contributed by atoms with van der Waals surface area (Å²) in [6.45, 7) is 4.34. The Hall–Kier alpha value is -1.20. The summed E-state index contributed by atoms with van der Waals surface area (Å²) < 4.78 is 2.93. The number of aromatic nitrogens is 3. The van der Waals surface area contributed by atoms with Crippen molar-refractivity contribution in [1.29, 1.82) is 0 Å². The Balaban J connectivity index is 2.33. The topological polar surface area (TPSA) is 56.7 Å². The summed E-state index contributed by atoms with van der Waals surface area (Å²) in [4.78, 5) is 8.36. The number of imidazole rings is 1. The highest BCUT2D eigenvalue weighted by Gasteiger charge is 2.14.